The Labute approximate surface area is 154 Å². The number of sulfone groups is 1. The molecule has 3 rings (SSSR count). The van der Waals surface area contributed by atoms with E-state index in [-0.39, 0.29) is 17.5 Å². The van der Waals surface area contributed by atoms with Gasteiger partial charge in [-0.25, -0.2) is 18.4 Å². The summed E-state index contributed by atoms with van der Waals surface area (Å²) < 4.78 is 28.6. The van der Waals surface area contributed by atoms with E-state index in [1.54, 1.807) is 7.11 Å². The second kappa shape index (κ2) is 7.90. The Hall–Kier alpha value is -2.35. The zero-order chi connectivity index (χ0) is 18.6. The fourth-order valence-corrected chi connectivity index (χ4v) is 4.84. The van der Waals surface area contributed by atoms with Crippen LogP contribution in [0.15, 0.2) is 36.7 Å². The summed E-state index contributed by atoms with van der Waals surface area (Å²) in [5, 5.41) is 3.30. The van der Waals surface area contributed by atoms with Crippen molar-refractivity contribution in [2.24, 2.45) is 0 Å². The molecule has 2 aromatic rings. The first-order valence-electron chi connectivity index (χ1n) is 8.59. The summed E-state index contributed by atoms with van der Waals surface area (Å²) in [5.41, 5.74) is 1.18. The third-order valence-electron chi connectivity index (χ3n) is 4.62. The Balaban J connectivity index is 1.58. The Bertz CT molecular complexity index is 857. The number of nitrogens with zero attached hydrogens (tertiary/aromatic N) is 3. The summed E-state index contributed by atoms with van der Waals surface area (Å²) in [5.74, 6) is 2.74. The average molecular weight is 376 g/mol. The molecule has 0 radical (unpaired) electrons. The van der Waals surface area contributed by atoms with Crippen LogP contribution in [0.2, 0.25) is 0 Å². The van der Waals surface area contributed by atoms with Gasteiger partial charge in [-0.3, -0.25) is 0 Å². The Morgan fingerprint density at radius 2 is 2.15 bits per heavy atom. The smallest absolute Gasteiger partial charge is 0.152 e. The van der Waals surface area contributed by atoms with Gasteiger partial charge in [0.25, 0.3) is 0 Å². The van der Waals surface area contributed by atoms with Crippen LogP contribution in [0.3, 0.4) is 0 Å². The lowest BCUT2D eigenvalue weighted by Gasteiger charge is -2.24. The summed E-state index contributed by atoms with van der Waals surface area (Å²) in [4.78, 5) is 10.5. The van der Waals surface area contributed by atoms with Crippen LogP contribution in [0, 0.1) is 0 Å². The highest BCUT2D eigenvalue weighted by Crippen LogP contribution is 2.22. The summed E-state index contributed by atoms with van der Waals surface area (Å²) in [6.45, 7) is 0.727. The summed E-state index contributed by atoms with van der Waals surface area (Å²) >= 11 is 0. The molecule has 1 N–H and O–H groups in total. The molecule has 1 aliphatic rings. The zero-order valence-corrected chi connectivity index (χ0v) is 15.9. The maximum Gasteiger partial charge on any atom is 0.152 e. The van der Waals surface area contributed by atoms with Gasteiger partial charge in [-0.05, 0) is 30.5 Å². The van der Waals surface area contributed by atoms with Crippen LogP contribution in [-0.4, -0.2) is 56.6 Å². The monoisotopic (exact) mass is 376 g/mol. The van der Waals surface area contributed by atoms with Gasteiger partial charge in [0.05, 0.1) is 18.6 Å². The molecule has 1 saturated heterocycles. The number of hydrogen-bond donors (Lipinski definition) is 1. The van der Waals surface area contributed by atoms with E-state index in [0.717, 1.165) is 30.4 Å². The molecule has 0 saturated carbocycles. The minimum absolute atomic E-state index is 0.0282. The molecular weight excluding hydrogens is 352 g/mol. The van der Waals surface area contributed by atoms with Crippen LogP contribution < -0.4 is 15.0 Å². The summed E-state index contributed by atoms with van der Waals surface area (Å²) in [7, 11) is 0.621. The quantitative estimate of drug-likeness (QED) is 0.788. The molecule has 1 aliphatic heterocycles. The van der Waals surface area contributed by atoms with Crippen molar-refractivity contribution < 1.29 is 13.2 Å². The molecule has 7 nitrogen and oxygen atoms in total. The first kappa shape index (κ1) is 18.4. The van der Waals surface area contributed by atoms with Crippen molar-refractivity contribution in [2.75, 3.05) is 42.4 Å². The van der Waals surface area contributed by atoms with Crippen LogP contribution >= 0.6 is 0 Å². The largest absolute Gasteiger partial charge is 0.497 e. The molecule has 1 aromatic carbocycles. The molecule has 0 amide bonds. The van der Waals surface area contributed by atoms with Crippen LogP contribution in [0.5, 0.6) is 5.75 Å². The lowest BCUT2D eigenvalue weighted by molar-refractivity contribution is 0.414. The molecule has 8 heteroatoms. The van der Waals surface area contributed by atoms with E-state index < -0.39 is 9.84 Å². The first-order chi connectivity index (χ1) is 12.5. The van der Waals surface area contributed by atoms with E-state index in [1.807, 2.05) is 36.2 Å². The van der Waals surface area contributed by atoms with Crippen LogP contribution in [-0.2, 0) is 16.3 Å². The van der Waals surface area contributed by atoms with Gasteiger partial charge in [-0.15, -0.1) is 0 Å². The SMILES string of the molecule is COc1cccc(CCNc2cc(N(C)C3CCS(=O)(=O)C3)ncn2)c1. The molecule has 1 atom stereocenters. The predicted molar refractivity (Wildman–Crippen MR) is 103 cm³/mol. The molecule has 1 fully saturated rings. The van der Waals surface area contributed by atoms with Crippen molar-refractivity contribution in [2.45, 2.75) is 18.9 Å². The van der Waals surface area contributed by atoms with E-state index in [0.29, 0.717) is 6.42 Å². The van der Waals surface area contributed by atoms with E-state index in [4.69, 9.17) is 4.74 Å². The van der Waals surface area contributed by atoms with Gasteiger partial charge < -0.3 is 15.0 Å². The minimum Gasteiger partial charge on any atom is -0.497 e. The Kier molecular flexibility index (Phi) is 5.61. The van der Waals surface area contributed by atoms with Gasteiger partial charge >= 0.3 is 0 Å². The highest BCUT2D eigenvalue weighted by Gasteiger charge is 2.31. The Morgan fingerprint density at radius 1 is 1.31 bits per heavy atom. The van der Waals surface area contributed by atoms with E-state index in [9.17, 15) is 8.42 Å². The first-order valence-corrected chi connectivity index (χ1v) is 10.4. The molecule has 26 heavy (non-hydrogen) atoms. The van der Waals surface area contributed by atoms with Gasteiger partial charge in [0.2, 0.25) is 0 Å². The number of rotatable bonds is 7. The fraction of sp³-hybridized carbons (Fsp3) is 0.444. The third-order valence-corrected chi connectivity index (χ3v) is 6.37. The lowest BCUT2D eigenvalue weighted by Crippen LogP contribution is -2.33. The molecule has 0 aliphatic carbocycles. The molecule has 0 spiro atoms. The van der Waals surface area contributed by atoms with Crippen LogP contribution in [0.1, 0.15) is 12.0 Å². The number of benzene rings is 1. The highest BCUT2D eigenvalue weighted by molar-refractivity contribution is 7.91. The van der Waals surface area contributed by atoms with E-state index in [1.165, 1.54) is 11.9 Å². The van der Waals surface area contributed by atoms with E-state index >= 15 is 0 Å². The number of hydrogen-bond acceptors (Lipinski definition) is 7. The van der Waals surface area contributed by atoms with Crippen LogP contribution in [0.25, 0.3) is 0 Å². The number of methoxy groups -OCH3 is 1. The van der Waals surface area contributed by atoms with Crippen molar-refractivity contribution in [1.29, 1.82) is 0 Å². The van der Waals surface area contributed by atoms with Crippen molar-refractivity contribution in [1.82, 2.24) is 9.97 Å². The number of anilines is 2. The van der Waals surface area contributed by atoms with Gasteiger partial charge in [-0.2, -0.15) is 0 Å². The second-order valence-electron chi connectivity index (χ2n) is 6.46. The topological polar surface area (TPSA) is 84.4 Å². The molecule has 140 valence electrons. The van der Waals surface area contributed by atoms with Gasteiger partial charge in [0.1, 0.15) is 23.7 Å². The third kappa shape index (κ3) is 4.63. The summed E-state index contributed by atoms with van der Waals surface area (Å²) in [6, 6.07) is 9.80. The molecule has 1 unspecified atom stereocenters. The van der Waals surface area contributed by atoms with Gasteiger partial charge in [0.15, 0.2) is 9.84 Å². The maximum absolute atomic E-state index is 11.7. The normalized spacial score (nSPS) is 18.5. The fourth-order valence-electron chi connectivity index (χ4n) is 3.07. The molecule has 1 aromatic heterocycles. The zero-order valence-electron chi connectivity index (χ0n) is 15.1. The average Bonchev–Trinajstić information content (AvgIpc) is 3.01. The van der Waals surface area contributed by atoms with E-state index in [2.05, 4.69) is 21.4 Å². The summed E-state index contributed by atoms with van der Waals surface area (Å²) in [6.07, 6.45) is 2.98. The number of aromatic nitrogens is 2. The molecule has 0 bridgehead atoms. The van der Waals surface area contributed by atoms with Crippen molar-refractivity contribution >= 4 is 21.5 Å². The van der Waals surface area contributed by atoms with Crippen molar-refractivity contribution in [3.8, 4) is 5.75 Å². The molecule has 2 heterocycles. The second-order valence-corrected chi connectivity index (χ2v) is 8.69. The molecular formula is C18H24N4O3S. The number of nitrogens with one attached hydrogen (secondary N) is 1. The highest BCUT2D eigenvalue weighted by atomic mass is 32.2. The lowest BCUT2D eigenvalue weighted by atomic mass is 10.1. The van der Waals surface area contributed by atoms with Crippen molar-refractivity contribution in [3.05, 3.63) is 42.2 Å². The standard InChI is InChI=1S/C18H24N4O3S/c1-22(15-7-9-26(23,24)12-15)18-11-17(20-13-21-18)19-8-6-14-4-3-5-16(10-14)25-2/h3-5,10-11,13,15H,6-9,12H2,1-2H3,(H,19,20,21). The van der Waals surface area contributed by atoms with Gasteiger partial charge in [0, 0.05) is 25.7 Å². The minimum atomic E-state index is -2.92. The maximum atomic E-state index is 11.7. The number of ether oxygens (including phenoxy) is 1. The predicted octanol–water partition coefficient (Wildman–Crippen LogP) is 1.76. The Morgan fingerprint density at radius 3 is 2.88 bits per heavy atom. The van der Waals surface area contributed by atoms with Crippen LogP contribution in [0.4, 0.5) is 11.6 Å². The van der Waals surface area contributed by atoms with Gasteiger partial charge in [-0.1, -0.05) is 12.1 Å². The van der Waals surface area contributed by atoms with Crippen molar-refractivity contribution in [3.63, 3.8) is 0 Å².